The van der Waals surface area contributed by atoms with E-state index in [9.17, 15) is 15.0 Å². The molecular formula is C25H35IN2O3. The predicted octanol–water partition coefficient (Wildman–Crippen LogP) is 6.00. The van der Waals surface area contributed by atoms with E-state index in [0.717, 1.165) is 14.7 Å². The number of anilines is 1. The number of halogens is 1. The number of phenols is 2. The summed E-state index contributed by atoms with van der Waals surface area (Å²) in [5.74, 6) is -0.0320. The number of benzene rings is 2. The zero-order valence-corrected chi connectivity index (χ0v) is 21.7. The third-order valence-electron chi connectivity index (χ3n) is 5.50. The van der Waals surface area contributed by atoms with Gasteiger partial charge in [0.25, 0.3) is 0 Å². The van der Waals surface area contributed by atoms with Crippen molar-refractivity contribution in [3.63, 3.8) is 0 Å². The van der Waals surface area contributed by atoms with Crippen LogP contribution in [-0.2, 0) is 10.8 Å². The van der Waals surface area contributed by atoms with E-state index in [1.165, 1.54) is 0 Å². The first-order chi connectivity index (χ1) is 14.2. The second-order valence-electron chi connectivity index (χ2n) is 10.0. The van der Waals surface area contributed by atoms with Crippen molar-refractivity contribution in [2.45, 2.75) is 71.8 Å². The molecule has 2 rings (SSSR count). The van der Waals surface area contributed by atoms with Crippen molar-refractivity contribution in [3.8, 4) is 11.5 Å². The van der Waals surface area contributed by atoms with Crippen LogP contribution in [0.2, 0.25) is 0 Å². The van der Waals surface area contributed by atoms with E-state index in [1.54, 1.807) is 13.0 Å². The SMILES string of the molecule is CCC(=O)c1cc(C(C)(C)C)cc(NC(CN)c2cc(C(C)(C)C)cc(I)c2O)c1O. The van der Waals surface area contributed by atoms with Crippen molar-refractivity contribution in [2.24, 2.45) is 5.73 Å². The number of nitrogens with two attached hydrogens (primary N) is 1. The quantitative estimate of drug-likeness (QED) is 0.206. The molecular weight excluding hydrogens is 503 g/mol. The Morgan fingerprint density at radius 2 is 1.55 bits per heavy atom. The van der Waals surface area contributed by atoms with E-state index in [1.807, 2.05) is 18.2 Å². The lowest BCUT2D eigenvalue weighted by molar-refractivity contribution is 0.0985. The molecule has 0 aromatic heterocycles. The summed E-state index contributed by atoms with van der Waals surface area (Å²) in [7, 11) is 0. The molecule has 0 amide bonds. The maximum atomic E-state index is 12.5. The summed E-state index contributed by atoms with van der Waals surface area (Å²) in [5, 5.41) is 25.0. The smallest absolute Gasteiger partial charge is 0.166 e. The topological polar surface area (TPSA) is 95.6 Å². The molecule has 31 heavy (non-hydrogen) atoms. The molecule has 1 atom stereocenters. The molecule has 6 heteroatoms. The first-order valence-electron chi connectivity index (χ1n) is 10.6. The number of hydrogen-bond acceptors (Lipinski definition) is 5. The molecule has 5 N–H and O–H groups in total. The highest BCUT2D eigenvalue weighted by Crippen LogP contribution is 2.40. The van der Waals surface area contributed by atoms with Gasteiger partial charge in [0.15, 0.2) is 5.78 Å². The highest BCUT2D eigenvalue weighted by Gasteiger charge is 2.25. The predicted molar refractivity (Wildman–Crippen MR) is 136 cm³/mol. The summed E-state index contributed by atoms with van der Waals surface area (Å²) < 4.78 is 0.745. The van der Waals surface area contributed by atoms with E-state index in [0.29, 0.717) is 23.2 Å². The molecule has 0 saturated carbocycles. The Labute approximate surface area is 199 Å². The van der Waals surface area contributed by atoms with Crippen molar-refractivity contribution in [1.29, 1.82) is 0 Å². The van der Waals surface area contributed by atoms with E-state index >= 15 is 0 Å². The van der Waals surface area contributed by atoms with Crippen LogP contribution < -0.4 is 11.1 Å². The molecule has 1 unspecified atom stereocenters. The van der Waals surface area contributed by atoms with Crippen LogP contribution in [0.25, 0.3) is 0 Å². The van der Waals surface area contributed by atoms with Gasteiger partial charge in [-0.05, 0) is 68.8 Å². The van der Waals surface area contributed by atoms with Crippen LogP contribution in [0.1, 0.15) is 88.0 Å². The normalized spacial score (nSPS) is 13.2. The molecule has 2 aromatic rings. The molecule has 0 fully saturated rings. The van der Waals surface area contributed by atoms with Crippen LogP contribution in [-0.4, -0.2) is 22.5 Å². The van der Waals surface area contributed by atoms with Crippen LogP contribution in [0.4, 0.5) is 5.69 Å². The highest BCUT2D eigenvalue weighted by atomic mass is 127. The van der Waals surface area contributed by atoms with Crippen LogP contribution >= 0.6 is 22.6 Å². The molecule has 0 aliphatic heterocycles. The maximum absolute atomic E-state index is 12.5. The number of rotatable bonds is 6. The van der Waals surface area contributed by atoms with E-state index < -0.39 is 6.04 Å². The Morgan fingerprint density at radius 3 is 2.03 bits per heavy atom. The van der Waals surface area contributed by atoms with Crippen molar-refractivity contribution in [1.82, 2.24) is 0 Å². The molecule has 0 spiro atoms. The standard InChI is InChI=1S/C25H35IN2O3/c1-8-21(29)17-10-15(25(5,6)7)12-19(23(17)31)28-20(13-27)16-9-14(24(2,3)4)11-18(26)22(16)30/h9-12,20,28,30-31H,8,13,27H2,1-7H3. The van der Waals surface area contributed by atoms with Gasteiger partial charge in [0.2, 0.25) is 0 Å². The second kappa shape index (κ2) is 9.36. The average molecular weight is 538 g/mol. The number of Topliss-reactive ketones (excluding diaryl/α,β-unsaturated/α-hetero) is 1. The second-order valence-corrected chi connectivity index (χ2v) is 11.2. The summed E-state index contributed by atoms with van der Waals surface area (Å²) in [6.45, 7) is 14.5. The van der Waals surface area contributed by atoms with Crippen LogP contribution in [0.15, 0.2) is 24.3 Å². The summed E-state index contributed by atoms with van der Waals surface area (Å²) in [4.78, 5) is 12.5. The molecule has 5 nitrogen and oxygen atoms in total. The van der Waals surface area contributed by atoms with Gasteiger partial charge < -0.3 is 21.3 Å². The number of carbonyl (C=O) groups is 1. The van der Waals surface area contributed by atoms with E-state index in [-0.39, 0.29) is 34.7 Å². The molecule has 0 aliphatic carbocycles. The van der Waals surface area contributed by atoms with Gasteiger partial charge in [-0.25, -0.2) is 0 Å². The third-order valence-corrected chi connectivity index (χ3v) is 6.32. The summed E-state index contributed by atoms with van der Waals surface area (Å²) in [5.41, 5.74) is 9.22. The minimum atomic E-state index is -0.443. The molecule has 170 valence electrons. The van der Waals surface area contributed by atoms with Gasteiger partial charge in [-0.2, -0.15) is 0 Å². The number of phenolic OH excluding ortho intramolecular Hbond substituents is 2. The van der Waals surface area contributed by atoms with Crippen molar-refractivity contribution in [3.05, 3.63) is 50.1 Å². The van der Waals surface area contributed by atoms with Crippen molar-refractivity contribution >= 4 is 34.1 Å². The lowest BCUT2D eigenvalue weighted by Crippen LogP contribution is -2.23. The summed E-state index contributed by atoms with van der Waals surface area (Å²) >= 11 is 2.13. The van der Waals surface area contributed by atoms with E-state index in [4.69, 9.17) is 5.73 Å². The fourth-order valence-corrected chi connectivity index (χ4v) is 4.00. The average Bonchev–Trinajstić information content (AvgIpc) is 2.67. The fourth-order valence-electron chi connectivity index (χ4n) is 3.35. The Bertz CT molecular complexity index is 972. The minimum Gasteiger partial charge on any atom is -0.506 e. The van der Waals surface area contributed by atoms with Crippen LogP contribution in [0.5, 0.6) is 11.5 Å². The van der Waals surface area contributed by atoms with Gasteiger partial charge in [0.1, 0.15) is 11.5 Å². The number of aromatic hydroxyl groups is 2. The van der Waals surface area contributed by atoms with Crippen molar-refractivity contribution < 1.29 is 15.0 Å². The van der Waals surface area contributed by atoms with Crippen LogP contribution in [0, 0.1) is 3.57 Å². The summed E-state index contributed by atoms with van der Waals surface area (Å²) in [6, 6.07) is 7.12. The zero-order chi connectivity index (χ0) is 23.7. The lowest BCUT2D eigenvalue weighted by atomic mass is 9.84. The third kappa shape index (κ3) is 5.71. The fraction of sp³-hybridized carbons (Fsp3) is 0.480. The number of hydrogen-bond donors (Lipinski definition) is 4. The van der Waals surface area contributed by atoms with Gasteiger partial charge in [0, 0.05) is 18.5 Å². The monoisotopic (exact) mass is 538 g/mol. The van der Waals surface area contributed by atoms with E-state index in [2.05, 4.69) is 69.5 Å². The largest absolute Gasteiger partial charge is 0.506 e. The Hall–Kier alpha value is -1.80. The zero-order valence-electron chi connectivity index (χ0n) is 19.6. The van der Waals surface area contributed by atoms with Gasteiger partial charge in [-0.1, -0.05) is 48.5 Å². The lowest BCUT2D eigenvalue weighted by Gasteiger charge is -2.27. The molecule has 0 aliphatic rings. The number of ketones is 1. The molecule has 0 heterocycles. The van der Waals surface area contributed by atoms with Crippen molar-refractivity contribution in [2.75, 3.05) is 11.9 Å². The van der Waals surface area contributed by atoms with Crippen LogP contribution in [0.3, 0.4) is 0 Å². The van der Waals surface area contributed by atoms with Gasteiger partial charge in [0.05, 0.1) is 20.9 Å². The first-order valence-corrected chi connectivity index (χ1v) is 11.7. The summed E-state index contributed by atoms with van der Waals surface area (Å²) in [6.07, 6.45) is 0.299. The van der Waals surface area contributed by atoms with Gasteiger partial charge >= 0.3 is 0 Å². The molecule has 0 saturated heterocycles. The molecule has 0 radical (unpaired) electrons. The molecule has 0 bridgehead atoms. The van der Waals surface area contributed by atoms with Gasteiger partial charge in [-0.3, -0.25) is 4.79 Å². The minimum absolute atomic E-state index is 0.0838. The van der Waals surface area contributed by atoms with Gasteiger partial charge in [-0.15, -0.1) is 0 Å². The maximum Gasteiger partial charge on any atom is 0.166 e. The number of nitrogens with one attached hydrogen (secondary N) is 1. The number of carbonyl (C=O) groups excluding carboxylic acids is 1. The molecule has 2 aromatic carbocycles. The Kier molecular flexibility index (Phi) is 7.69. The first kappa shape index (κ1) is 25.5. The Balaban J connectivity index is 2.63. The Morgan fingerprint density at radius 1 is 1.00 bits per heavy atom. The highest BCUT2D eigenvalue weighted by molar-refractivity contribution is 14.1.